The van der Waals surface area contributed by atoms with Crippen LogP contribution >= 0.6 is 22.9 Å². The molecule has 3 rings (SSSR count). The number of rotatable bonds is 4. The van der Waals surface area contributed by atoms with Crippen LogP contribution in [0.3, 0.4) is 0 Å². The molecule has 0 saturated heterocycles. The first kappa shape index (κ1) is 15.5. The molecule has 3 aromatic rings. The Kier molecular flexibility index (Phi) is 4.60. The quantitative estimate of drug-likeness (QED) is 0.725. The second-order valence-electron chi connectivity index (χ2n) is 4.86. The Morgan fingerprint density at radius 1 is 1.13 bits per heavy atom. The van der Waals surface area contributed by atoms with Gasteiger partial charge in [0.1, 0.15) is 4.88 Å². The van der Waals surface area contributed by atoms with Gasteiger partial charge in [0.15, 0.2) is 0 Å². The van der Waals surface area contributed by atoms with Gasteiger partial charge in [-0.25, -0.2) is 0 Å². The zero-order valence-corrected chi connectivity index (χ0v) is 13.6. The Hall–Kier alpha value is -2.37. The maximum atomic E-state index is 12.1. The molecule has 23 heavy (non-hydrogen) atoms. The average molecular weight is 345 g/mol. The summed E-state index contributed by atoms with van der Waals surface area (Å²) in [5, 5.41) is 10.9. The fourth-order valence-electron chi connectivity index (χ4n) is 2.06. The summed E-state index contributed by atoms with van der Waals surface area (Å²) in [7, 11) is 0. The smallest absolute Gasteiger partial charge is 0.310 e. The highest BCUT2D eigenvalue weighted by Crippen LogP contribution is 2.21. The zero-order chi connectivity index (χ0) is 16.2. The van der Waals surface area contributed by atoms with E-state index in [0.717, 1.165) is 16.9 Å². The van der Waals surface area contributed by atoms with Gasteiger partial charge < -0.3 is 5.11 Å². The van der Waals surface area contributed by atoms with E-state index < -0.39 is 0 Å². The summed E-state index contributed by atoms with van der Waals surface area (Å²) in [5.41, 5.74) is 1.65. The molecule has 1 aromatic heterocycles. The summed E-state index contributed by atoms with van der Waals surface area (Å²) in [6.07, 6.45) is 1.49. The number of benzene rings is 2. The number of aromatic hydroxyl groups is 1. The van der Waals surface area contributed by atoms with Gasteiger partial charge in [-0.3, -0.25) is 14.4 Å². The molecular formula is C17H13ClN2O2S. The molecular weight excluding hydrogens is 332 g/mol. The van der Waals surface area contributed by atoms with Crippen molar-refractivity contribution in [3.8, 4) is 5.88 Å². The number of halogens is 1. The minimum atomic E-state index is -0.219. The average Bonchev–Trinajstić information content (AvgIpc) is 2.83. The lowest BCUT2D eigenvalue weighted by Gasteiger charge is -2.03. The SMILES string of the molecule is O=c1sc(C=Nc2ccc(Cl)cc2)c(O)n1Cc1ccccc1. The first-order chi connectivity index (χ1) is 11.1. The van der Waals surface area contributed by atoms with Gasteiger partial charge in [0, 0.05) is 5.02 Å². The third-order valence-electron chi connectivity index (χ3n) is 3.23. The molecule has 116 valence electrons. The predicted molar refractivity (Wildman–Crippen MR) is 94.5 cm³/mol. The van der Waals surface area contributed by atoms with Crippen molar-refractivity contribution >= 4 is 34.8 Å². The molecule has 2 aromatic carbocycles. The lowest BCUT2D eigenvalue weighted by Crippen LogP contribution is -2.13. The molecule has 0 fully saturated rings. The molecule has 6 heteroatoms. The van der Waals surface area contributed by atoms with Crippen LogP contribution in [0.25, 0.3) is 0 Å². The molecule has 4 nitrogen and oxygen atoms in total. The van der Waals surface area contributed by atoms with E-state index in [1.165, 1.54) is 10.8 Å². The molecule has 0 bridgehead atoms. The van der Waals surface area contributed by atoms with Crippen molar-refractivity contribution in [3.63, 3.8) is 0 Å². The Morgan fingerprint density at radius 2 is 1.83 bits per heavy atom. The minimum absolute atomic E-state index is 0.0680. The molecule has 0 spiro atoms. The van der Waals surface area contributed by atoms with Crippen LogP contribution in [0.5, 0.6) is 5.88 Å². The largest absolute Gasteiger partial charge is 0.493 e. The summed E-state index contributed by atoms with van der Waals surface area (Å²) in [6.45, 7) is 0.330. The summed E-state index contributed by atoms with van der Waals surface area (Å²) >= 11 is 6.79. The Bertz CT molecular complexity index is 883. The Morgan fingerprint density at radius 3 is 2.52 bits per heavy atom. The third-order valence-corrected chi connectivity index (χ3v) is 4.39. The van der Waals surface area contributed by atoms with Crippen LogP contribution in [0.1, 0.15) is 10.4 Å². The fraction of sp³-hybridized carbons (Fsp3) is 0.0588. The van der Waals surface area contributed by atoms with E-state index in [2.05, 4.69) is 4.99 Å². The van der Waals surface area contributed by atoms with Crippen LogP contribution in [0.2, 0.25) is 5.02 Å². The normalized spacial score (nSPS) is 11.2. The van der Waals surface area contributed by atoms with Crippen LogP contribution < -0.4 is 4.87 Å². The molecule has 0 aliphatic rings. The first-order valence-electron chi connectivity index (χ1n) is 6.89. The van der Waals surface area contributed by atoms with E-state index in [1.54, 1.807) is 24.3 Å². The zero-order valence-electron chi connectivity index (χ0n) is 12.0. The van der Waals surface area contributed by atoms with Gasteiger partial charge >= 0.3 is 4.87 Å². The van der Waals surface area contributed by atoms with Gasteiger partial charge in [-0.05, 0) is 29.8 Å². The van der Waals surface area contributed by atoms with Crippen molar-refractivity contribution in [1.29, 1.82) is 0 Å². The lowest BCUT2D eigenvalue weighted by molar-refractivity contribution is 0.421. The second kappa shape index (κ2) is 6.81. The number of aliphatic imine (C=N–C) groups is 1. The van der Waals surface area contributed by atoms with E-state index in [0.29, 0.717) is 22.1 Å². The number of hydrogen-bond acceptors (Lipinski definition) is 4. The summed E-state index contributed by atoms with van der Waals surface area (Å²) in [5.74, 6) is -0.0680. The highest BCUT2D eigenvalue weighted by Gasteiger charge is 2.12. The lowest BCUT2D eigenvalue weighted by atomic mass is 10.2. The van der Waals surface area contributed by atoms with Crippen LogP contribution in [0, 0.1) is 0 Å². The van der Waals surface area contributed by atoms with E-state index >= 15 is 0 Å². The van der Waals surface area contributed by atoms with E-state index in [-0.39, 0.29) is 10.8 Å². The summed E-state index contributed by atoms with van der Waals surface area (Å²) < 4.78 is 1.34. The van der Waals surface area contributed by atoms with Gasteiger partial charge in [-0.15, -0.1) is 0 Å². The number of nitrogens with zero attached hydrogens (tertiary/aromatic N) is 2. The van der Waals surface area contributed by atoms with Gasteiger partial charge in [0.2, 0.25) is 5.88 Å². The molecule has 0 radical (unpaired) electrons. The molecule has 0 unspecified atom stereocenters. The standard InChI is InChI=1S/C17H13ClN2O2S/c18-13-6-8-14(9-7-13)19-10-15-16(21)20(17(22)23-15)11-12-4-2-1-3-5-12/h1-10,21H,11H2. The molecule has 0 aliphatic carbocycles. The number of aromatic nitrogens is 1. The van der Waals surface area contributed by atoms with Gasteiger partial charge in [-0.2, -0.15) is 0 Å². The van der Waals surface area contributed by atoms with Crippen LogP contribution in [-0.4, -0.2) is 15.9 Å². The second-order valence-corrected chi connectivity index (χ2v) is 6.29. The first-order valence-corrected chi connectivity index (χ1v) is 8.09. The van der Waals surface area contributed by atoms with Crippen molar-refractivity contribution in [1.82, 2.24) is 4.57 Å². The van der Waals surface area contributed by atoms with Crippen LogP contribution in [-0.2, 0) is 6.54 Å². The maximum absolute atomic E-state index is 12.1. The van der Waals surface area contributed by atoms with Crippen molar-refractivity contribution in [2.24, 2.45) is 4.99 Å². The topological polar surface area (TPSA) is 54.6 Å². The number of thiazole rings is 1. The predicted octanol–water partition coefficient (Wildman–Crippen LogP) is 4.07. The summed E-state index contributed by atoms with van der Waals surface area (Å²) in [4.78, 5) is 16.5. The van der Waals surface area contributed by atoms with E-state index in [9.17, 15) is 9.90 Å². The minimum Gasteiger partial charge on any atom is -0.493 e. The number of hydrogen-bond donors (Lipinski definition) is 1. The van der Waals surface area contributed by atoms with Gasteiger partial charge in [0.25, 0.3) is 0 Å². The Balaban J connectivity index is 1.86. The third kappa shape index (κ3) is 3.70. The van der Waals surface area contributed by atoms with Crippen molar-refractivity contribution in [3.05, 3.63) is 79.7 Å². The monoisotopic (exact) mass is 344 g/mol. The highest BCUT2D eigenvalue weighted by atomic mass is 35.5. The molecule has 0 aliphatic heterocycles. The molecule has 0 atom stereocenters. The fourth-order valence-corrected chi connectivity index (χ4v) is 2.95. The molecule has 1 N–H and O–H groups in total. The molecule has 1 heterocycles. The van der Waals surface area contributed by atoms with Gasteiger partial charge in [-0.1, -0.05) is 53.3 Å². The van der Waals surface area contributed by atoms with E-state index in [4.69, 9.17) is 11.6 Å². The van der Waals surface area contributed by atoms with E-state index in [1.807, 2.05) is 30.3 Å². The molecule has 0 amide bonds. The van der Waals surface area contributed by atoms with Crippen molar-refractivity contribution in [2.75, 3.05) is 0 Å². The summed E-state index contributed by atoms with van der Waals surface area (Å²) in [6, 6.07) is 16.5. The molecule has 0 saturated carbocycles. The Labute approximate surface area is 141 Å². The van der Waals surface area contributed by atoms with Gasteiger partial charge in [0.05, 0.1) is 18.4 Å². The van der Waals surface area contributed by atoms with Crippen LogP contribution in [0.15, 0.2) is 64.4 Å². The van der Waals surface area contributed by atoms with Crippen LogP contribution in [0.4, 0.5) is 5.69 Å². The highest BCUT2D eigenvalue weighted by molar-refractivity contribution is 7.11. The maximum Gasteiger partial charge on any atom is 0.310 e. The van der Waals surface area contributed by atoms with Crippen molar-refractivity contribution in [2.45, 2.75) is 6.54 Å². The van der Waals surface area contributed by atoms with Crippen molar-refractivity contribution < 1.29 is 5.11 Å².